The Morgan fingerprint density at radius 2 is 1.80 bits per heavy atom. The molecule has 2 atom stereocenters. The Labute approximate surface area is 244 Å². The van der Waals surface area contributed by atoms with Crippen LogP contribution in [-0.4, -0.2) is 42.2 Å². The molecular weight excluding hydrogens is 570 g/mol. The van der Waals surface area contributed by atoms with Crippen molar-refractivity contribution in [3.8, 4) is 5.75 Å². The van der Waals surface area contributed by atoms with Crippen LogP contribution in [0.25, 0.3) is 0 Å². The average Bonchev–Trinajstić information content (AvgIpc) is 3.36. The molecule has 0 fully saturated rings. The van der Waals surface area contributed by atoms with E-state index in [1.54, 1.807) is 6.08 Å². The first-order chi connectivity index (χ1) is 19.6. The summed E-state index contributed by atoms with van der Waals surface area (Å²) < 4.78 is 12.9. The summed E-state index contributed by atoms with van der Waals surface area (Å²) in [6.07, 6.45) is 4.80. The molecule has 1 aliphatic heterocycles. The minimum absolute atomic E-state index is 0.0785. The molecular formula is C32H36BrN3O4. The Bertz CT molecular complexity index is 1280. The summed E-state index contributed by atoms with van der Waals surface area (Å²) in [5, 5.41) is 8.98. The number of ether oxygens (including phenoxy) is 2. The molecule has 1 heterocycles. The second-order valence-corrected chi connectivity index (χ2v) is 10.5. The highest BCUT2D eigenvalue weighted by atomic mass is 79.9. The molecule has 1 amide bonds. The summed E-state index contributed by atoms with van der Waals surface area (Å²) in [4.78, 5) is 18.7. The number of rotatable bonds is 15. The summed E-state index contributed by atoms with van der Waals surface area (Å²) >= 11 is 3.64. The van der Waals surface area contributed by atoms with E-state index >= 15 is 0 Å². The third-order valence-corrected chi connectivity index (χ3v) is 7.46. The Morgan fingerprint density at radius 1 is 1.05 bits per heavy atom. The number of halogens is 1. The highest BCUT2D eigenvalue weighted by Gasteiger charge is 2.53. The summed E-state index contributed by atoms with van der Waals surface area (Å²) in [6, 6.07) is 25.5. The van der Waals surface area contributed by atoms with Crippen molar-refractivity contribution >= 4 is 27.7 Å². The van der Waals surface area contributed by atoms with Gasteiger partial charge in [-0.3, -0.25) is 10.2 Å². The predicted octanol–water partition coefficient (Wildman–Crippen LogP) is 5.69. The first-order valence-electron chi connectivity index (χ1n) is 13.6. The monoisotopic (exact) mass is 605 g/mol. The number of nitrogens with one attached hydrogen (secondary N) is 2. The van der Waals surface area contributed by atoms with Crippen LogP contribution in [-0.2, 0) is 16.0 Å². The van der Waals surface area contributed by atoms with Gasteiger partial charge >= 0.3 is 0 Å². The molecule has 3 aromatic rings. The van der Waals surface area contributed by atoms with E-state index in [1.165, 1.54) is 5.56 Å². The van der Waals surface area contributed by atoms with Gasteiger partial charge in [-0.2, -0.15) is 0 Å². The number of aliphatic imine (C=N–C) groups is 1. The van der Waals surface area contributed by atoms with Gasteiger partial charge in [0.1, 0.15) is 5.75 Å². The number of aryl methyl sites for hydroxylation is 1. The Kier molecular flexibility index (Phi) is 10.9. The van der Waals surface area contributed by atoms with Crippen molar-refractivity contribution in [3.05, 3.63) is 113 Å². The molecule has 0 saturated heterocycles. The zero-order valence-corrected chi connectivity index (χ0v) is 24.1. The van der Waals surface area contributed by atoms with Crippen molar-refractivity contribution in [1.82, 2.24) is 10.9 Å². The minimum Gasteiger partial charge on any atom is -0.494 e. The zero-order valence-electron chi connectivity index (χ0n) is 22.5. The molecule has 0 aliphatic carbocycles. The predicted molar refractivity (Wildman–Crippen MR) is 161 cm³/mol. The third kappa shape index (κ3) is 7.38. The first-order valence-corrected chi connectivity index (χ1v) is 14.4. The number of unbranched alkanes of at least 4 members (excludes halogenated alkanes) is 1. The standard InChI is InChI=1S/C32H36BrN3O4/c1-2-20-32(31(38)36-34-21-9-8-13-24-11-4-3-5-12-24)29(27-14-6-7-15-28(27)33)40-30(35-32)25-16-18-26(19-17-25)39-23-10-22-37/h2-7,11-12,14-19,29,34,37H,1,8-10,13,20-23H2,(H,36,38)/t29-,32-/m0/s1. The number of benzene rings is 3. The number of aliphatic hydroxyl groups excluding tert-OH is 1. The van der Waals surface area contributed by atoms with Crippen LogP contribution in [0.1, 0.15) is 48.5 Å². The molecule has 210 valence electrons. The van der Waals surface area contributed by atoms with E-state index in [1.807, 2.05) is 66.7 Å². The number of carbonyl (C=O) groups is 1. The molecule has 1 aliphatic rings. The van der Waals surface area contributed by atoms with Gasteiger partial charge in [0.15, 0.2) is 11.6 Å². The largest absolute Gasteiger partial charge is 0.494 e. The van der Waals surface area contributed by atoms with Gasteiger partial charge in [0.2, 0.25) is 5.90 Å². The molecule has 0 saturated carbocycles. The molecule has 0 spiro atoms. The fourth-order valence-electron chi connectivity index (χ4n) is 4.64. The van der Waals surface area contributed by atoms with Crippen LogP contribution in [0.2, 0.25) is 0 Å². The maximum Gasteiger partial charge on any atom is 0.266 e. The fraction of sp³-hybridized carbons (Fsp3) is 0.312. The summed E-state index contributed by atoms with van der Waals surface area (Å²) in [5.41, 5.74) is 7.61. The topological polar surface area (TPSA) is 92.2 Å². The summed E-state index contributed by atoms with van der Waals surface area (Å²) in [7, 11) is 0. The Hall–Kier alpha value is -3.46. The van der Waals surface area contributed by atoms with Gasteiger partial charge in [0.05, 0.1) is 6.61 Å². The lowest BCUT2D eigenvalue weighted by atomic mass is 9.84. The normalized spacial score (nSPS) is 18.1. The molecule has 0 aromatic heterocycles. The number of hydrazine groups is 1. The lowest BCUT2D eigenvalue weighted by Crippen LogP contribution is -2.52. The maximum atomic E-state index is 13.8. The quantitative estimate of drug-likeness (QED) is 0.118. The van der Waals surface area contributed by atoms with Gasteiger partial charge in [-0.05, 0) is 55.2 Å². The number of carbonyl (C=O) groups excluding carboxylic acids is 1. The van der Waals surface area contributed by atoms with E-state index in [-0.39, 0.29) is 18.9 Å². The maximum absolute atomic E-state index is 13.8. The minimum atomic E-state index is -1.26. The zero-order chi connectivity index (χ0) is 28.2. The lowest BCUT2D eigenvalue weighted by molar-refractivity contribution is -0.129. The first kappa shape index (κ1) is 29.5. The van der Waals surface area contributed by atoms with E-state index in [9.17, 15) is 4.79 Å². The van der Waals surface area contributed by atoms with E-state index in [2.05, 4.69) is 45.5 Å². The number of aliphatic hydroxyl groups is 1. The van der Waals surface area contributed by atoms with Crippen molar-refractivity contribution in [2.45, 2.75) is 43.7 Å². The van der Waals surface area contributed by atoms with Gasteiger partial charge in [-0.1, -0.05) is 70.5 Å². The molecule has 3 N–H and O–H groups in total. The number of hydrogen-bond acceptors (Lipinski definition) is 6. The third-order valence-electron chi connectivity index (χ3n) is 6.74. The van der Waals surface area contributed by atoms with E-state index in [4.69, 9.17) is 19.6 Å². The van der Waals surface area contributed by atoms with Crippen LogP contribution in [0.4, 0.5) is 0 Å². The van der Waals surface area contributed by atoms with Crippen LogP contribution >= 0.6 is 15.9 Å². The van der Waals surface area contributed by atoms with E-state index in [0.29, 0.717) is 31.2 Å². The summed E-state index contributed by atoms with van der Waals surface area (Å²) in [6.45, 7) is 5.07. The molecule has 4 rings (SSSR count). The second-order valence-electron chi connectivity index (χ2n) is 9.63. The van der Waals surface area contributed by atoms with Gasteiger partial charge < -0.3 is 14.6 Å². The summed E-state index contributed by atoms with van der Waals surface area (Å²) in [5.74, 6) is 0.780. The van der Waals surface area contributed by atoms with Crippen LogP contribution in [0.3, 0.4) is 0 Å². The van der Waals surface area contributed by atoms with Crippen molar-refractivity contribution < 1.29 is 19.4 Å². The number of nitrogens with zero attached hydrogens (tertiary/aromatic N) is 1. The van der Waals surface area contributed by atoms with Gasteiger partial charge in [0.25, 0.3) is 5.91 Å². The fourth-order valence-corrected chi connectivity index (χ4v) is 5.13. The molecule has 0 unspecified atom stereocenters. The van der Waals surface area contributed by atoms with E-state index < -0.39 is 11.6 Å². The molecule has 0 radical (unpaired) electrons. The lowest BCUT2D eigenvalue weighted by Gasteiger charge is -2.30. The Morgan fingerprint density at radius 3 is 2.52 bits per heavy atom. The van der Waals surface area contributed by atoms with Crippen LogP contribution in [0.5, 0.6) is 5.75 Å². The molecule has 3 aromatic carbocycles. The van der Waals surface area contributed by atoms with Gasteiger partial charge in [-0.25, -0.2) is 10.4 Å². The molecule has 40 heavy (non-hydrogen) atoms. The highest BCUT2D eigenvalue weighted by molar-refractivity contribution is 9.10. The van der Waals surface area contributed by atoms with Crippen molar-refractivity contribution in [1.29, 1.82) is 0 Å². The van der Waals surface area contributed by atoms with Crippen LogP contribution < -0.4 is 15.6 Å². The van der Waals surface area contributed by atoms with Crippen LogP contribution in [0.15, 0.2) is 101 Å². The van der Waals surface area contributed by atoms with Gasteiger partial charge in [-0.15, -0.1) is 6.58 Å². The van der Waals surface area contributed by atoms with Crippen LogP contribution in [0, 0.1) is 0 Å². The highest BCUT2D eigenvalue weighted by Crippen LogP contribution is 2.44. The smallest absolute Gasteiger partial charge is 0.266 e. The molecule has 0 bridgehead atoms. The second kappa shape index (κ2) is 14.8. The Balaban J connectivity index is 1.50. The number of hydrogen-bond donors (Lipinski definition) is 3. The van der Waals surface area contributed by atoms with Crippen molar-refractivity contribution in [2.75, 3.05) is 19.8 Å². The van der Waals surface area contributed by atoms with Crippen molar-refractivity contribution in [3.63, 3.8) is 0 Å². The number of amides is 1. The van der Waals surface area contributed by atoms with E-state index in [0.717, 1.165) is 34.9 Å². The molecule has 8 heteroatoms. The van der Waals surface area contributed by atoms with Crippen molar-refractivity contribution in [2.24, 2.45) is 4.99 Å². The SMILES string of the molecule is C=CC[C@]1(C(=O)NNCCCCc2ccccc2)N=C(c2ccc(OCCCO)cc2)O[C@H]1c1ccccc1Br. The molecule has 7 nitrogen and oxygen atoms in total. The van der Waals surface area contributed by atoms with Gasteiger partial charge in [0, 0.05) is 41.6 Å². The average molecular weight is 607 g/mol.